The van der Waals surface area contributed by atoms with Crippen LogP contribution < -0.4 is 5.32 Å². The summed E-state index contributed by atoms with van der Waals surface area (Å²) in [6.45, 7) is 4.12. The Kier molecular flexibility index (Phi) is 5.65. The van der Waals surface area contributed by atoms with Crippen LogP contribution in [-0.2, 0) is 15.1 Å². The minimum atomic E-state index is -0.817. The van der Waals surface area contributed by atoms with Gasteiger partial charge >= 0.3 is 5.97 Å². The number of rotatable bonds is 5. The number of hydrogen-bond donors (Lipinski definition) is 1. The molecule has 0 aromatic heterocycles. The summed E-state index contributed by atoms with van der Waals surface area (Å²) in [4.78, 5) is 12.5. The van der Waals surface area contributed by atoms with Gasteiger partial charge < -0.3 is 4.74 Å². The Bertz CT molecular complexity index is 468. The summed E-state index contributed by atoms with van der Waals surface area (Å²) in [6.07, 6.45) is 5.95. The quantitative estimate of drug-likeness (QED) is 0.834. The fraction of sp³-hybridized carbons (Fsp3) is 0.588. The average Bonchev–Trinajstić information content (AvgIpc) is 2.49. The van der Waals surface area contributed by atoms with Crippen molar-refractivity contribution >= 4 is 17.6 Å². The molecule has 1 aliphatic carbocycles. The lowest BCUT2D eigenvalue weighted by atomic mass is 9.87. The maximum Gasteiger partial charge on any atom is 0.330 e. The second-order valence-electron chi connectivity index (χ2n) is 5.83. The van der Waals surface area contributed by atoms with Crippen LogP contribution >= 0.6 is 11.6 Å². The predicted molar refractivity (Wildman–Crippen MR) is 85.4 cm³/mol. The lowest BCUT2D eigenvalue weighted by Gasteiger charge is -2.35. The molecule has 1 fully saturated rings. The van der Waals surface area contributed by atoms with Crippen molar-refractivity contribution < 1.29 is 9.53 Å². The maximum absolute atomic E-state index is 12.5. The lowest BCUT2D eigenvalue weighted by Crippen LogP contribution is -2.52. The van der Waals surface area contributed by atoms with Crippen molar-refractivity contribution in [3.63, 3.8) is 0 Å². The van der Waals surface area contributed by atoms with E-state index >= 15 is 0 Å². The van der Waals surface area contributed by atoms with Gasteiger partial charge in [0.1, 0.15) is 5.54 Å². The van der Waals surface area contributed by atoms with Gasteiger partial charge in [-0.25, -0.2) is 4.79 Å². The molecule has 1 saturated carbocycles. The third kappa shape index (κ3) is 3.98. The Labute approximate surface area is 132 Å². The van der Waals surface area contributed by atoms with Crippen molar-refractivity contribution in [1.29, 1.82) is 0 Å². The van der Waals surface area contributed by atoms with E-state index in [-0.39, 0.29) is 5.97 Å². The Balaban J connectivity index is 2.24. The zero-order valence-corrected chi connectivity index (χ0v) is 13.6. The van der Waals surface area contributed by atoms with Crippen molar-refractivity contribution in [3.8, 4) is 0 Å². The number of hydrogen-bond acceptors (Lipinski definition) is 3. The number of benzene rings is 1. The summed E-state index contributed by atoms with van der Waals surface area (Å²) in [6, 6.07) is 7.79. The van der Waals surface area contributed by atoms with Crippen LogP contribution in [0.5, 0.6) is 0 Å². The number of nitrogens with one attached hydrogen (secondary N) is 1. The van der Waals surface area contributed by atoms with Gasteiger partial charge in [-0.1, -0.05) is 43.0 Å². The van der Waals surface area contributed by atoms with E-state index in [4.69, 9.17) is 16.3 Å². The van der Waals surface area contributed by atoms with Gasteiger partial charge in [0.05, 0.1) is 6.61 Å². The van der Waals surface area contributed by atoms with E-state index in [1.165, 1.54) is 19.3 Å². The average molecular weight is 310 g/mol. The van der Waals surface area contributed by atoms with Crippen molar-refractivity contribution in [2.75, 3.05) is 6.61 Å². The van der Waals surface area contributed by atoms with E-state index in [9.17, 15) is 4.79 Å². The van der Waals surface area contributed by atoms with Crippen LogP contribution in [-0.4, -0.2) is 18.6 Å². The van der Waals surface area contributed by atoms with E-state index in [0.717, 1.165) is 18.4 Å². The highest BCUT2D eigenvalue weighted by Crippen LogP contribution is 2.28. The monoisotopic (exact) mass is 309 g/mol. The van der Waals surface area contributed by atoms with Crippen LogP contribution in [0.15, 0.2) is 24.3 Å². The first-order chi connectivity index (χ1) is 10.1. The molecule has 0 aliphatic heterocycles. The van der Waals surface area contributed by atoms with Crippen LogP contribution in [0.25, 0.3) is 0 Å². The third-order valence-corrected chi connectivity index (χ3v) is 4.46. The van der Waals surface area contributed by atoms with Gasteiger partial charge in [-0.2, -0.15) is 0 Å². The van der Waals surface area contributed by atoms with E-state index in [1.807, 2.05) is 38.1 Å². The Hall–Kier alpha value is -1.06. The molecule has 21 heavy (non-hydrogen) atoms. The Morgan fingerprint density at radius 1 is 1.29 bits per heavy atom. The molecule has 116 valence electrons. The normalized spacial score (nSPS) is 19.0. The molecule has 0 heterocycles. The highest BCUT2D eigenvalue weighted by Gasteiger charge is 2.38. The summed E-state index contributed by atoms with van der Waals surface area (Å²) in [5, 5.41) is 4.20. The maximum atomic E-state index is 12.5. The van der Waals surface area contributed by atoms with Crippen LogP contribution in [0.1, 0.15) is 51.5 Å². The van der Waals surface area contributed by atoms with Crippen LogP contribution in [0.2, 0.25) is 5.02 Å². The number of ether oxygens (including phenoxy) is 1. The highest BCUT2D eigenvalue weighted by atomic mass is 35.5. The summed E-state index contributed by atoms with van der Waals surface area (Å²) in [7, 11) is 0. The molecule has 1 aromatic carbocycles. The van der Waals surface area contributed by atoms with Crippen molar-refractivity contribution in [3.05, 3.63) is 34.9 Å². The van der Waals surface area contributed by atoms with Crippen LogP contribution in [0, 0.1) is 0 Å². The number of carbonyl (C=O) groups excluding carboxylic acids is 1. The minimum absolute atomic E-state index is 0.224. The smallest absolute Gasteiger partial charge is 0.330 e. The largest absolute Gasteiger partial charge is 0.464 e. The van der Waals surface area contributed by atoms with Gasteiger partial charge in [-0.15, -0.1) is 0 Å². The molecule has 1 aliphatic rings. The number of halogens is 1. The summed E-state index contributed by atoms with van der Waals surface area (Å²) >= 11 is 5.96. The standard InChI is InChI=1S/C17H24ClNO2/c1-3-21-16(20)17(2,13-9-11-14(18)12-10-13)19-15-7-5-4-6-8-15/h9-12,15,19H,3-8H2,1-2H3. The molecule has 3 nitrogen and oxygen atoms in total. The first-order valence-electron chi connectivity index (χ1n) is 7.77. The first-order valence-corrected chi connectivity index (χ1v) is 8.15. The van der Waals surface area contributed by atoms with Gasteiger partial charge in [0, 0.05) is 11.1 Å². The highest BCUT2D eigenvalue weighted by molar-refractivity contribution is 6.30. The summed E-state index contributed by atoms with van der Waals surface area (Å²) in [5.74, 6) is -0.224. The topological polar surface area (TPSA) is 38.3 Å². The van der Waals surface area contributed by atoms with Crippen LogP contribution in [0.3, 0.4) is 0 Å². The van der Waals surface area contributed by atoms with Crippen molar-refractivity contribution in [2.24, 2.45) is 0 Å². The van der Waals surface area contributed by atoms with Gasteiger partial charge in [-0.05, 0) is 44.4 Å². The minimum Gasteiger partial charge on any atom is -0.464 e. The molecular weight excluding hydrogens is 286 g/mol. The molecular formula is C17H24ClNO2. The van der Waals surface area contributed by atoms with Crippen molar-refractivity contribution in [1.82, 2.24) is 5.32 Å². The van der Waals surface area contributed by atoms with E-state index < -0.39 is 5.54 Å². The molecule has 1 aromatic rings. The molecule has 4 heteroatoms. The predicted octanol–water partition coefficient (Wildman–Crippen LogP) is 4.04. The zero-order chi connectivity index (χ0) is 15.3. The fourth-order valence-electron chi connectivity index (χ4n) is 2.97. The Morgan fingerprint density at radius 2 is 1.90 bits per heavy atom. The van der Waals surface area contributed by atoms with E-state index in [1.54, 1.807) is 0 Å². The molecule has 1 N–H and O–H groups in total. The van der Waals surface area contributed by atoms with E-state index in [2.05, 4.69) is 5.32 Å². The second-order valence-corrected chi connectivity index (χ2v) is 6.27. The molecule has 1 atom stereocenters. The Morgan fingerprint density at radius 3 is 2.48 bits per heavy atom. The van der Waals surface area contributed by atoms with Gasteiger partial charge in [-0.3, -0.25) is 5.32 Å². The summed E-state index contributed by atoms with van der Waals surface area (Å²) < 4.78 is 5.30. The van der Waals surface area contributed by atoms with Crippen molar-refractivity contribution in [2.45, 2.75) is 57.5 Å². The third-order valence-electron chi connectivity index (χ3n) is 4.20. The zero-order valence-electron chi connectivity index (χ0n) is 12.8. The molecule has 0 bridgehead atoms. The lowest BCUT2D eigenvalue weighted by molar-refractivity contribution is -0.151. The first kappa shape index (κ1) is 16.3. The molecule has 0 saturated heterocycles. The molecule has 0 spiro atoms. The summed E-state index contributed by atoms with van der Waals surface area (Å²) in [5.41, 5.74) is 0.0821. The number of esters is 1. The van der Waals surface area contributed by atoms with E-state index in [0.29, 0.717) is 17.7 Å². The molecule has 0 amide bonds. The van der Waals surface area contributed by atoms with Gasteiger partial charge in [0.2, 0.25) is 0 Å². The fourth-order valence-corrected chi connectivity index (χ4v) is 3.10. The molecule has 1 unspecified atom stereocenters. The second kappa shape index (κ2) is 7.28. The van der Waals surface area contributed by atoms with Crippen LogP contribution in [0.4, 0.5) is 0 Å². The molecule has 0 radical (unpaired) electrons. The van der Waals surface area contributed by atoms with Gasteiger partial charge in [0.25, 0.3) is 0 Å². The SMILES string of the molecule is CCOC(=O)C(C)(NC1CCCCC1)c1ccc(Cl)cc1. The number of carbonyl (C=O) groups is 1. The van der Waals surface area contributed by atoms with Gasteiger partial charge in [0.15, 0.2) is 0 Å². The molecule has 2 rings (SSSR count).